The van der Waals surface area contributed by atoms with E-state index in [1.54, 1.807) is 0 Å². The standard InChI is InChI=1S/C62H116O6/c1-4-7-10-13-16-19-22-25-26-27-28-29-30-31-32-33-34-35-36-38-40-43-46-49-52-55-61(64)67-58-59(57-66-60(63)54-51-48-45-42-39-24-21-18-15-12-9-6-3)68-62(65)56-53-50-47-44-41-37-23-20-17-14-11-8-5-2/h22,25,27-28,59H,4-21,23-24,26,29-58H2,1-3H3/b25-22-,28-27-. The van der Waals surface area contributed by atoms with Crippen molar-refractivity contribution in [3.8, 4) is 0 Å². The van der Waals surface area contributed by atoms with Crippen LogP contribution < -0.4 is 0 Å². The molecular formula is C62H116O6. The number of rotatable bonds is 56. The molecule has 0 aliphatic rings. The minimum atomic E-state index is -0.765. The second-order valence-electron chi connectivity index (χ2n) is 20.6. The Kier molecular flexibility index (Phi) is 55.7. The number of allylic oxidation sites excluding steroid dienone is 4. The van der Waals surface area contributed by atoms with Crippen molar-refractivity contribution in [2.75, 3.05) is 13.2 Å². The van der Waals surface area contributed by atoms with Gasteiger partial charge in [0.05, 0.1) is 0 Å². The molecule has 0 aliphatic heterocycles. The molecular weight excluding hydrogens is 841 g/mol. The van der Waals surface area contributed by atoms with Crippen molar-refractivity contribution >= 4 is 17.9 Å². The zero-order valence-corrected chi connectivity index (χ0v) is 45.9. The zero-order chi connectivity index (χ0) is 49.3. The number of esters is 3. The maximum atomic E-state index is 12.8. The molecule has 0 fully saturated rings. The molecule has 6 nitrogen and oxygen atoms in total. The fraction of sp³-hybridized carbons (Fsp3) is 0.887. The van der Waals surface area contributed by atoms with E-state index in [0.29, 0.717) is 19.3 Å². The molecule has 1 unspecified atom stereocenters. The predicted octanol–water partition coefficient (Wildman–Crippen LogP) is 20.3. The molecule has 0 amide bonds. The van der Waals surface area contributed by atoms with E-state index in [4.69, 9.17) is 14.2 Å². The largest absolute Gasteiger partial charge is 0.462 e. The summed E-state index contributed by atoms with van der Waals surface area (Å²) in [7, 11) is 0. The summed E-state index contributed by atoms with van der Waals surface area (Å²) in [5, 5.41) is 0. The first kappa shape index (κ1) is 65.9. The first-order chi connectivity index (χ1) is 33.5. The molecule has 0 bridgehead atoms. The lowest BCUT2D eigenvalue weighted by Crippen LogP contribution is -2.30. The normalized spacial score (nSPS) is 12.1. The molecule has 0 aliphatic carbocycles. The van der Waals surface area contributed by atoms with Gasteiger partial charge in [0.25, 0.3) is 0 Å². The Bertz CT molecular complexity index is 1100. The number of unbranched alkanes of at least 4 members (excludes halogenated alkanes) is 41. The van der Waals surface area contributed by atoms with Gasteiger partial charge in [0.1, 0.15) is 13.2 Å². The van der Waals surface area contributed by atoms with Gasteiger partial charge in [0.15, 0.2) is 6.10 Å². The van der Waals surface area contributed by atoms with Crippen molar-refractivity contribution in [2.45, 2.75) is 341 Å². The topological polar surface area (TPSA) is 78.9 Å². The summed E-state index contributed by atoms with van der Waals surface area (Å²) < 4.78 is 16.9. The Morgan fingerprint density at radius 1 is 0.294 bits per heavy atom. The van der Waals surface area contributed by atoms with E-state index in [2.05, 4.69) is 45.1 Å². The Morgan fingerprint density at radius 3 is 0.809 bits per heavy atom. The van der Waals surface area contributed by atoms with Crippen molar-refractivity contribution in [2.24, 2.45) is 0 Å². The smallest absolute Gasteiger partial charge is 0.306 e. The lowest BCUT2D eigenvalue weighted by atomic mass is 10.0. The highest BCUT2D eigenvalue weighted by Gasteiger charge is 2.19. The van der Waals surface area contributed by atoms with E-state index in [1.807, 2.05) is 0 Å². The molecule has 0 heterocycles. The van der Waals surface area contributed by atoms with Crippen molar-refractivity contribution in [1.29, 1.82) is 0 Å². The number of carbonyl (C=O) groups is 3. The maximum absolute atomic E-state index is 12.8. The Hall–Kier alpha value is -2.11. The van der Waals surface area contributed by atoms with Crippen molar-refractivity contribution in [3.63, 3.8) is 0 Å². The number of carbonyl (C=O) groups excluding carboxylic acids is 3. The summed E-state index contributed by atoms with van der Waals surface area (Å²) in [5.74, 6) is -0.844. The van der Waals surface area contributed by atoms with Crippen LogP contribution >= 0.6 is 0 Å². The van der Waals surface area contributed by atoms with Crippen LogP contribution in [0.3, 0.4) is 0 Å². The fourth-order valence-corrected chi connectivity index (χ4v) is 9.12. The minimum absolute atomic E-state index is 0.0651. The van der Waals surface area contributed by atoms with Gasteiger partial charge in [-0.25, -0.2) is 0 Å². The summed E-state index contributed by atoms with van der Waals surface area (Å²) >= 11 is 0. The average molecular weight is 958 g/mol. The average Bonchev–Trinajstić information content (AvgIpc) is 3.34. The number of hydrogen-bond donors (Lipinski definition) is 0. The third kappa shape index (κ3) is 54.8. The first-order valence-electron chi connectivity index (χ1n) is 30.3. The van der Waals surface area contributed by atoms with Crippen LogP contribution in [0.15, 0.2) is 24.3 Å². The quantitative estimate of drug-likeness (QED) is 0.0262. The molecule has 0 spiro atoms. The Labute approximate surface area is 423 Å². The Morgan fingerprint density at radius 2 is 0.529 bits per heavy atom. The van der Waals surface area contributed by atoms with Gasteiger partial charge < -0.3 is 14.2 Å². The molecule has 68 heavy (non-hydrogen) atoms. The highest BCUT2D eigenvalue weighted by atomic mass is 16.6. The first-order valence-corrected chi connectivity index (χ1v) is 30.3. The van der Waals surface area contributed by atoms with Gasteiger partial charge in [-0.05, 0) is 51.4 Å². The molecule has 0 aromatic carbocycles. The van der Waals surface area contributed by atoms with Crippen LogP contribution in [0.25, 0.3) is 0 Å². The summed E-state index contributed by atoms with van der Waals surface area (Å²) in [6.07, 6.45) is 67.5. The van der Waals surface area contributed by atoms with E-state index in [1.165, 1.54) is 231 Å². The second-order valence-corrected chi connectivity index (χ2v) is 20.6. The SMILES string of the molecule is CCCCCCC/C=C\C/C=C\CCCCCCCCCCCCCCCC(=O)OCC(COC(=O)CCCCCCCCCCCCCC)OC(=O)CCCCCCCCCCCCCCC. The fourth-order valence-electron chi connectivity index (χ4n) is 9.12. The molecule has 0 saturated carbocycles. The number of hydrogen-bond acceptors (Lipinski definition) is 6. The van der Waals surface area contributed by atoms with Gasteiger partial charge in [-0.2, -0.15) is 0 Å². The van der Waals surface area contributed by atoms with Crippen LogP contribution in [-0.2, 0) is 28.6 Å². The lowest BCUT2D eigenvalue weighted by molar-refractivity contribution is -0.167. The molecule has 0 rings (SSSR count). The minimum Gasteiger partial charge on any atom is -0.462 e. The van der Waals surface area contributed by atoms with Crippen LogP contribution in [0.1, 0.15) is 335 Å². The highest BCUT2D eigenvalue weighted by Crippen LogP contribution is 2.17. The summed E-state index contributed by atoms with van der Waals surface area (Å²) in [4.78, 5) is 38.1. The van der Waals surface area contributed by atoms with Crippen LogP contribution in [0.2, 0.25) is 0 Å². The predicted molar refractivity (Wildman–Crippen MR) is 293 cm³/mol. The summed E-state index contributed by atoms with van der Waals surface area (Å²) in [6.45, 7) is 6.67. The molecule has 400 valence electrons. The second kappa shape index (κ2) is 57.5. The van der Waals surface area contributed by atoms with E-state index in [-0.39, 0.29) is 31.1 Å². The summed E-state index contributed by atoms with van der Waals surface area (Å²) in [5.41, 5.74) is 0. The van der Waals surface area contributed by atoms with E-state index < -0.39 is 6.10 Å². The van der Waals surface area contributed by atoms with E-state index in [0.717, 1.165) is 64.2 Å². The maximum Gasteiger partial charge on any atom is 0.306 e. The molecule has 6 heteroatoms. The van der Waals surface area contributed by atoms with E-state index >= 15 is 0 Å². The molecule has 1 atom stereocenters. The van der Waals surface area contributed by atoms with Crippen LogP contribution in [0, 0.1) is 0 Å². The van der Waals surface area contributed by atoms with Gasteiger partial charge in [0, 0.05) is 19.3 Å². The number of ether oxygens (including phenoxy) is 3. The van der Waals surface area contributed by atoms with Crippen LogP contribution in [-0.4, -0.2) is 37.2 Å². The molecule has 0 aromatic rings. The lowest BCUT2D eigenvalue weighted by Gasteiger charge is -2.18. The van der Waals surface area contributed by atoms with Crippen LogP contribution in [0.5, 0.6) is 0 Å². The van der Waals surface area contributed by atoms with Gasteiger partial charge >= 0.3 is 17.9 Å². The van der Waals surface area contributed by atoms with Gasteiger partial charge in [-0.15, -0.1) is 0 Å². The monoisotopic (exact) mass is 957 g/mol. The van der Waals surface area contributed by atoms with Crippen molar-refractivity contribution in [3.05, 3.63) is 24.3 Å². The summed E-state index contributed by atoms with van der Waals surface area (Å²) in [6, 6.07) is 0. The van der Waals surface area contributed by atoms with Crippen molar-refractivity contribution in [1.82, 2.24) is 0 Å². The molecule has 0 aromatic heterocycles. The molecule has 0 saturated heterocycles. The van der Waals surface area contributed by atoms with Crippen LogP contribution in [0.4, 0.5) is 0 Å². The molecule has 0 radical (unpaired) electrons. The van der Waals surface area contributed by atoms with E-state index in [9.17, 15) is 14.4 Å². The van der Waals surface area contributed by atoms with Gasteiger partial charge in [-0.1, -0.05) is 289 Å². The highest BCUT2D eigenvalue weighted by molar-refractivity contribution is 5.71. The van der Waals surface area contributed by atoms with Gasteiger partial charge in [-0.3, -0.25) is 14.4 Å². The molecule has 0 N–H and O–H groups in total. The zero-order valence-electron chi connectivity index (χ0n) is 45.9. The Balaban J connectivity index is 4.19. The third-order valence-corrected chi connectivity index (χ3v) is 13.7. The van der Waals surface area contributed by atoms with Crippen molar-refractivity contribution < 1.29 is 28.6 Å². The third-order valence-electron chi connectivity index (χ3n) is 13.7. The van der Waals surface area contributed by atoms with Gasteiger partial charge in [0.2, 0.25) is 0 Å².